The molecular formula is C22H25FN4O4S. The van der Waals surface area contributed by atoms with Gasteiger partial charge in [0, 0.05) is 30.6 Å². The number of amides is 1. The lowest BCUT2D eigenvalue weighted by Crippen LogP contribution is -2.36. The summed E-state index contributed by atoms with van der Waals surface area (Å²) >= 11 is 0. The van der Waals surface area contributed by atoms with Gasteiger partial charge in [0.05, 0.1) is 22.8 Å². The van der Waals surface area contributed by atoms with Crippen LogP contribution in [0.5, 0.6) is 0 Å². The molecule has 0 atom stereocenters. The molecule has 0 unspecified atom stereocenters. The molecule has 10 heteroatoms. The van der Waals surface area contributed by atoms with Crippen molar-refractivity contribution in [3.05, 3.63) is 65.9 Å². The molecule has 0 radical (unpaired) electrons. The van der Waals surface area contributed by atoms with E-state index in [1.165, 1.54) is 54.5 Å². The van der Waals surface area contributed by atoms with Crippen LogP contribution in [0.4, 0.5) is 9.18 Å². The number of benzene rings is 1. The van der Waals surface area contributed by atoms with E-state index in [9.17, 15) is 22.7 Å². The molecule has 170 valence electrons. The quantitative estimate of drug-likeness (QED) is 0.594. The summed E-state index contributed by atoms with van der Waals surface area (Å²) in [5.41, 5.74) is 0.374. The molecule has 0 bridgehead atoms. The van der Waals surface area contributed by atoms with E-state index < -0.39 is 21.7 Å². The topological polar surface area (TPSA) is 105 Å². The van der Waals surface area contributed by atoms with Crippen molar-refractivity contribution in [2.75, 3.05) is 6.54 Å². The predicted molar refractivity (Wildman–Crippen MR) is 116 cm³/mol. The molecule has 0 spiro atoms. The summed E-state index contributed by atoms with van der Waals surface area (Å²) < 4.78 is 42.1. The highest BCUT2D eigenvalue weighted by Gasteiger charge is 2.28. The van der Waals surface area contributed by atoms with Crippen LogP contribution in [0.1, 0.15) is 32.0 Å². The van der Waals surface area contributed by atoms with E-state index in [1.807, 2.05) is 20.8 Å². The number of pyridine rings is 1. The fourth-order valence-electron chi connectivity index (χ4n) is 3.26. The Morgan fingerprint density at radius 1 is 1.22 bits per heavy atom. The number of sulfone groups is 1. The van der Waals surface area contributed by atoms with Gasteiger partial charge in [-0.2, -0.15) is 5.10 Å². The Labute approximate surface area is 186 Å². The lowest BCUT2D eigenvalue weighted by molar-refractivity contribution is 0.122. The molecule has 0 fully saturated rings. The summed E-state index contributed by atoms with van der Waals surface area (Å²) in [7, 11) is -4.07. The molecule has 1 amide bonds. The van der Waals surface area contributed by atoms with E-state index in [2.05, 4.69) is 10.1 Å². The molecule has 0 aliphatic heterocycles. The smallest absolute Gasteiger partial charge is 0.407 e. The van der Waals surface area contributed by atoms with Gasteiger partial charge in [0.1, 0.15) is 5.82 Å². The normalized spacial score (nSPS) is 12.0. The van der Waals surface area contributed by atoms with E-state index >= 15 is 0 Å². The van der Waals surface area contributed by atoms with Crippen LogP contribution in [-0.4, -0.2) is 45.8 Å². The highest BCUT2D eigenvalue weighted by atomic mass is 32.2. The molecule has 1 aromatic carbocycles. The first kappa shape index (κ1) is 23.4. The van der Waals surface area contributed by atoms with Crippen LogP contribution in [0.25, 0.3) is 5.69 Å². The van der Waals surface area contributed by atoms with Gasteiger partial charge in [0.2, 0.25) is 9.84 Å². The minimum Gasteiger partial charge on any atom is -0.465 e. The Hall–Kier alpha value is -3.27. The molecule has 1 N–H and O–H groups in total. The van der Waals surface area contributed by atoms with E-state index in [-0.39, 0.29) is 45.4 Å². The minimum absolute atomic E-state index is 0.0495. The molecule has 3 rings (SSSR count). The average Bonchev–Trinajstić information content (AvgIpc) is 3.13. The third-order valence-electron chi connectivity index (χ3n) is 4.70. The fourth-order valence-corrected chi connectivity index (χ4v) is 4.62. The van der Waals surface area contributed by atoms with Gasteiger partial charge in [-0.15, -0.1) is 0 Å². The minimum atomic E-state index is -4.07. The summed E-state index contributed by atoms with van der Waals surface area (Å²) in [4.78, 5) is 16.8. The molecule has 0 saturated heterocycles. The maximum atomic E-state index is 14.2. The molecular weight excluding hydrogens is 435 g/mol. The molecule has 8 nitrogen and oxygen atoms in total. The molecule has 0 aliphatic carbocycles. The molecule has 32 heavy (non-hydrogen) atoms. The summed E-state index contributed by atoms with van der Waals surface area (Å²) in [6, 6.07) is 8.52. The van der Waals surface area contributed by atoms with Crippen LogP contribution < -0.4 is 0 Å². The summed E-state index contributed by atoms with van der Waals surface area (Å²) in [5.74, 6) is -0.510. The Morgan fingerprint density at radius 3 is 2.53 bits per heavy atom. The standard InChI is InChI=1S/C22H25FN4O4S/c1-15-18(23)8-5-9-19(15)27-20(32(30,31)17-7-6-10-24-12-17)11-16(25-27)13-26(21(28)29)14-22(2,3)4/h5-12H,13-14H2,1-4H3,(H,28,29). The van der Waals surface area contributed by atoms with E-state index in [4.69, 9.17) is 0 Å². The second-order valence-electron chi connectivity index (χ2n) is 8.66. The van der Waals surface area contributed by atoms with Crippen molar-refractivity contribution in [3.63, 3.8) is 0 Å². The highest BCUT2D eigenvalue weighted by molar-refractivity contribution is 7.91. The van der Waals surface area contributed by atoms with E-state index in [1.54, 1.807) is 6.07 Å². The summed E-state index contributed by atoms with van der Waals surface area (Å²) in [6.45, 7) is 7.32. The molecule has 2 aromatic heterocycles. The highest BCUT2D eigenvalue weighted by Crippen LogP contribution is 2.27. The first-order chi connectivity index (χ1) is 14.9. The summed E-state index contributed by atoms with van der Waals surface area (Å²) in [6.07, 6.45) is 1.52. The van der Waals surface area contributed by atoms with Crippen molar-refractivity contribution in [3.8, 4) is 5.69 Å². The van der Waals surface area contributed by atoms with Crippen LogP contribution >= 0.6 is 0 Å². The first-order valence-corrected chi connectivity index (χ1v) is 11.4. The number of hydrogen-bond acceptors (Lipinski definition) is 5. The van der Waals surface area contributed by atoms with Crippen molar-refractivity contribution in [1.82, 2.24) is 19.7 Å². The van der Waals surface area contributed by atoms with Gasteiger partial charge in [-0.3, -0.25) is 4.98 Å². The molecule has 2 heterocycles. The number of rotatable bonds is 6. The van der Waals surface area contributed by atoms with Gasteiger partial charge < -0.3 is 10.0 Å². The largest absolute Gasteiger partial charge is 0.465 e. The zero-order chi connectivity index (χ0) is 23.7. The Bertz CT molecular complexity index is 1230. The molecule has 0 aliphatic rings. The Balaban J connectivity index is 2.16. The maximum Gasteiger partial charge on any atom is 0.407 e. The van der Waals surface area contributed by atoms with Crippen LogP contribution in [0.15, 0.2) is 58.7 Å². The zero-order valence-electron chi connectivity index (χ0n) is 18.3. The van der Waals surface area contributed by atoms with E-state index in [0.29, 0.717) is 0 Å². The predicted octanol–water partition coefficient (Wildman–Crippen LogP) is 4.07. The number of halogens is 1. The van der Waals surface area contributed by atoms with Gasteiger partial charge in [-0.1, -0.05) is 26.8 Å². The lowest BCUT2D eigenvalue weighted by Gasteiger charge is -2.27. The monoisotopic (exact) mass is 460 g/mol. The second kappa shape index (κ2) is 8.70. The number of nitrogens with zero attached hydrogens (tertiary/aromatic N) is 4. The van der Waals surface area contributed by atoms with Crippen molar-refractivity contribution >= 4 is 15.9 Å². The number of carboxylic acid groups (broad SMARTS) is 1. The van der Waals surface area contributed by atoms with Crippen LogP contribution in [0, 0.1) is 18.2 Å². The SMILES string of the molecule is Cc1c(F)cccc1-n1nc(CN(CC(C)(C)C)C(=O)O)cc1S(=O)(=O)c1cccnc1. The van der Waals surface area contributed by atoms with Gasteiger partial charge in [0.25, 0.3) is 0 Å². The van der Waals surface area contributed by atoms with Crippen LogP contribution in [0.3, 0.4) is 0 Å². The lowest BCUT2D eigenvalue weighted by atomic mass is 9.96. The van der Waals surface area contributed by atoms with Crippen LogP contribution in [-0.2, 0) is 16.4 Å². The van der Waals surface area contributed by atoms with Crippen molar-refractivity contribution < 1.29 is 22.7 Å². The Kier molecular flexibility index (Phi) is 6.36. The van der Waals surface area contributed by atoms with Crippen LogP contribution in [0.2, 0.25) is 0 Å². The fraction of sp³-hybridized carbons (Fsp3) is 0.318. The Morgan fingerprint density at radius 2 is 1.94 bits per heavy atom. The number of carbonyl (C=O) groups is 1. The third-order valence-corrected chi connectivity index (χ3v) is 6.41. The van der Waals surface area contributed by atoms with Gasteiger partial charge in [0.15, 0.2) is 5.03 Å². The van der Waals surface area contributed by atoms with E-state index in [0.717, 1.165) is 4.68 Å². The van der Waals surface area contributed by atoms with Gasteiger partial charge >= 0.3 is 6.09 Å². The van der Waals surface area contributed by atoms with Crippen molar-refractivity contribution in [2.24, 2.45) is 5.41 Å². The van der Waals surface area contributed by atoms with Crippen molar-refractivity contribution in [1.29, 1.82) is 0 Å². The number of hydrogen-bond donors (Lipinski definition) is 1. The maximum absolute atomic E-state index is 14.2. The second-order valence-corrected chi connectivity index (χ2v) is 10.6. The zero-order valence-corrected chi connectivity index (χ0v) is 19.1. The third kappa shape index (κ3) is 4.96. The first-order valence-electron chi connectivity index (χ1n) is 9.87. The average molecular weight is 461 g/mol. The van der Waals surface area contributed by atoms with Gasteiger partial charge in [-0.25, -0.2) is 22.3 Å². The number of aromatic nitrogens is 3. The van der Waals surface area contributed by atoms with Gasteiger partial charge in [-0.05, 0) is 36.6 Å². The van der Waals surface area contributed by atoms with Crippen molar-refractivity contribution in [2.45, 2.75) is 44.2 Å². The summed E-state index contributed by atoms with van der Waals surface area (Å²) in [5, 5.41) is 13.8. The molecule has 3 aromatic rings. The molecule has 0 saturated carbocycles.